The molecule has 2 N–H and O–H groups in total. The minimum Gasteiger partial charge on any atom is -0.472 e. The number of methoxy groups -OCH3 is 1. The van der Waals surface area contributed by atoms with Crippen LogP contribution in [0.2, 0.25) is 0 Å². The Morgan fingerprint density at radius 2 is 2.14 bits per heavy atom. The molecular weight excluding hydrogens is 287 g/mol. The van der Waals surface area contributed by atoms with E-state index in [4.69, 9.17) is 10.2 Å². The highest BCUT2D eigenvalue weighted by atomic mass is 19.4. The molecule has 1 aliphatic rings. The van der Waals surface area contributed by atoms with Crippen molar-refractivity contribution in [2.24, 2.45) is 5.73 Å². The van der Waals surface area contributed by atoms with Gasteiger partial charge < -0.3 is 14.9 Å². The van der Waals surface area contributed by atoms with Crippen molar-refractivity contribution in [3.8, 4) is 0 Å². The number of hydrogen-bond donors (Lipinski definition) is 1. The lowest BCUT2D eigenvalue weighted by atomic mass is 9.99. The summed E-state index contributed by atoms with van der Waals surface area (Å²) in [5.74, 6) is -0.779. The first-order valence-electron chi connectivity index (χ1n) is 5.93. The highest BCUT2D eigenvalue weighted by Gasteiger charge is 2.36. The third-order valence-electron chi connectivity index (χ3n) is 3.03. The van der Waals surface area contributed by atoms with Gasteiger partial charge in [-0.05, 0) is 24.1 Å². The van der Waals surface area contributed by atoms with Crippen LogP contribution in [0.1, 0.15) is 12.0 Å². The fourth-order valence-electron chi connectivity index (χ4n) is 2.03. The largest absolute Gasteiger partial charge is 0.472 e. The average molecular weight is 299 g/mol. The number of esters is 1. The maximum absolute atomic E-state index is 13.2. The van der Waals surface area contributed by atoms with E-state index in [1.807, 2.05) is 0 Å². The van der Waals surface area contributed by atoms with Crippen molar-refractivity contribution in [1.82, 2.24) is 0 Å². The van der Waals surface area contributed by atoms with E-state index < -0.39 is 17.7 Å². The van der Waals surface area contributed by atoms with Gasteiger partial charge in [-0.1, -0.05) is 6.08 Å². The van der Waals surface area contributed by atoms with Crippen molar-refractivity contribution < 1.29 is 27.1 Å². The van der Waals surface area contributed by atoms with E-state index in [0.29, 0.717) is 0 Å². The van der Waals surface area contributed by atoms with Crippen LogP contribution in [0.15, 0.2) is 52.0 Å². The number of furan rings is 1. The zero-order valence-corrected chi connectivity index (χ0v) is 11.0. The van der Waals surface area contributed by atoms with Crippen LogP contribution in [0, 0.1) is 0 Å². The number of allylic oxidation sites excluding steroid dienone is 4. The maximum atomic E-state index is 13.2. The van der Waals surface area contributed by atoms with E-state index >= 15 is 0 Å². The van der Waals surface area contributed by atoms with Crippen LogP contribution in [0.3, 0.4) is 0 Å². The monoisotopic (exact) mass is 299 g/mol. The van der Waals surface area contributed by atoms with Crippen LogP contribution >= 0.6 is 0 Å². The Balaban J connectivity index is 2.58. The summed E-state index contributed by atoms with van der Waals surface area (Å²) in [7, 11) is 1.14. The Labute approximate surface area is 118 Å². The van der Waals surface area contributed by atoms with E-state index in [9.17, 15) is 18.0 Å². The van der Waals surface area contributed by atoms with Gasteiger partial charge in [-0.25, -0.2) is 4.79 Å². The fraction of sp³-hybridized carbons (Fsp3) is 0.214. The third kappa shape index (κ3) is 3.01. The zero-order valence-electron chi connectivity index (χ0n) is 11.0. The molecule has 0 amide bonds. The molecule has 4 nitrogen and oxygen atoms in total. The third-order valence-corrected chi connectivity index (χ3v) is 3.03. The number of alkyl halides is 3. The van der Waals surface area contributed by atoms with E-state index in [0.717, 1.165) is 13.2 Å². The summed E-state index contributed by atoms with van der Waals surface area (Å²) in [5.41, 5.74) is 4.59. The topological polar surface area (TPSA) is 65.5 Å². The summed E-state index contributed by atoms with van der Waals surface area (Å²) in [4.78, 5) is 11.5. The Bertz CT molecular complexity index is 637. The SMILES string of the molecule is COC(=O)C1=CCC(c2ccoc2)=C(C(F)(F)F)C=C1N. The quantitative estimate of drug-likeness (QED) is 0.853. The molecule has 1 aromatic heterocycles. The van der Waals surface area contributed by atoms with Crippen LogP contribution < -0.4 is 5.73 Å². The Kier molecular flexibility index (Phi) is 3.93. The molecule has 0 unspecified atom stereocenters. The smallest absolute Gasteiger partial charge is 0.416 e. The van der Waals surface area contributed by atoms with Gasteiger partial charge in [-0.3, -0.25) is 0 Å². The molecule has 0 spiro atoms. The van der Waals surface area contributed by atoms with Gasteiger partial charge in [0.25, 0.3) is 0 Å². The van der Waals surface area contributed by atoms with Crippen molar-refractivity contribution in [2.75, 3.05) is 7.11 Å². The van der Waals surface area contributed by atoms with Gasteiger partial charge in [0.1, 0.15) is 0 Å². The standard InChI is InChI=1S/C14H12F3NO3/c1-20-13(19)10-3-2-9(8-4-5-21-7-8)11(6-12(10)18)14(15,16)17/h3-7H,2,18H2,1H3. The zero-order chi connectivity index (χ0) is 15.6. The molecule has 112 valence electrons. The number of halogens is 3. The molecular formula is C14H12F3NO3. The second-order valence-corrected chi connectivity index (χ2v) is 4.32. The summed E-state index contributed by atoms with van der Waals surface area (Å²) in [6.45, 7) is 0. The predicted octanol–water partition coefficient (Wildman–Crippen LogP) is 2.94. The van der Waals surface area contributed by atoms with Crippen molar-refractivity contribution >= 4 is 11.5 Å². The second kappa shape index (κ2) is 5.51. The lowest BCUT2D eigenvalue weighted by Crippen LogP contribution is -2.15. The molecule has 0 atom stereocenters. The van der Waals surface area contributed by atoms with Crippen LogP contribution in [-0.4, -0.2) is 19.3 Å². The number of carbonyl (C=O) groups is 1. The molecule has 1 heterocycles. The summed E-state index contributed by atoms with van der Waals surface area (Å²) >= 11 is 0. The van der Waals surface area contributed by atoms with Crippen molar-refractivity contribution in [1.29, 1.82) is 0 Å². The fourth-order valence-corrected chi connectivity index (χ4v) is 2.03. The van der Waals surface area contributed by atoms with Crippen LogP contribution in [0.4, 0.5) is 13.2 Å². The summed E-state index contributed by atoms with van der Waals surface area (Å²) < 4.78 is 49.0. The molecule has 0 saturated heterocycles. The molecule has 21 heavy (non-hydrogen) atoms. The molecule has 2 rings (SSSR count). The van der Waals surface area contributed by atoms with Gasteiger partial charge in [0.05, 0.1) is 30.8 Å². The highest BCUT2D eigenvalue weighted by molar-refractivity contribution is 5.94. The van der Waals surface area contributed by atoms with Crippen molar-refractivity contribution in [3.05, 3.63) is 53.2 Å². The van der Waals surface area contributed by atoms with E-state index in [1.165, 1.54) is 24.7 Å². The predicted molar refractivity (Wildman–Crippen MR) is 68.7 cm³/mol. The van der Waals surface area contributed by atoms with E-state index in [1.54, 1.807) is 0 Å². The number of carbonyl (C=O) groups excluding carboxylic acids is 1. The molecule has 0 aromatic carbocycles. The van der Waals surface area contributed by atoms with Gasteiger partial charge in [0.15, 0.2) is 0 Å². The normalized spacial score (nSPS) is 16.2. The summed E-state index contributed by atoms with van der Waals surface area (Å²) in [6, 6.07) is 1.42. The van der Waals surface area contributed by atoms with Gasteiger partial charge in [0.2, 0.25) is 0 Å². The van der Waals surface area contributed by atoms with Gasteiger partial charge in [-0.2, -0.15) is 13.2 Å². The van der Waals surface area contributed by atoms with Crippen LogP contribution in [0.5, 0.6) is 0 Å². The molecule has 0 aliphatic heterocycles. The molecule has 0 bridgehead atoms. The van der Waals surface area contributed by atoms with Crippen LogP contribution in [0.25, 0.3) is 5.57 Å². The van der Waals surface area contributed by atoms with Gasteiger partial charge in [0, 0.05) is 11.3 Å². The minimum absolute atomic E-state index is 0.0156. The Morgan fingerprint density at radius 3 is 2.67 bits per heavy atom. The number of ether oxygens (including phenoxy) is 1. The minimum atomic E-state index is -4.60. The average Bonchev–Trinajstić information content (AvgIpc) is 2.87. The van der Waals surface area contributed by atoms with Gasteiger partial charge >= 0.3 is 12.1 Å². The van der Waals surface area contributed by atoms with Crippen molar-refractivity contribution in [3.63, 3.8) is 0 Å². The number of hydrogen-bond acceptors (Lipinski definition) is 4. The summed E-state index contributed by atoms with van der Waals surface area (Å²) in [6.07, 6.45) is -0.162. The van der Waals surface area contributed by atoms with Crippen LogP contribution in [-0.2, 0) is 9.53 Å². The molecule has 0 saturated carbocycles. The molecule has 7 heteroatoms. The Morgan fingerprint density at radius 1 is 1.43 bits per heavy atom. The first kappa shape index (κ1) is 15.0. The molecule has 0 fully saturated rings. The number of nitrogens with two attached hydrogens (primary N) is 1. The van der Waals surface area contributed by atoms with Crippen molar-refractivity contribution in [2.45, 2.75) is 12.6 Å². The van der Waals surface area contributed by atoms with E-state index in [-0.39, 0.29) is 28.8 Å². The maximum Gasteiger partial charge on any atom is 0.416 e. The lowest BCUT2D eigenvalue weighted by molar-refractivity contribution is -0.135. The first-order chi connectivity index (χ1) is 9.84. The van der Waals surface area contributed by atoms with E-state index in [2.05, 4.69) is 4.74 Å². The molecule has 1 aliphatic carbocycles. The first-order valence-corrected chi connectivity index (χ1v) is 5.93. The number of rotatable bonds is 2. The van der Waals surface area contributed by atoms with Gasteiger partial charge in [-0.15, -0.1) is 0 Å². The molecule has 0 radical (unpaired) electrons. The Hall–Kier alpha value is -2.44. The highest BCUT2D eigenvalue weighted by Crippen LogP contribution is 2.38. The lowest BCUT2D eigenvalue weighted by Gasteiger charge is -2.12. The summed E-state index contributed by atoms with van der Waals surface area (Å²) in [5, 5.41) is 0. The molecule has 1 aromatic rings. The second-order valence-electron chi connectivity index (χ2n) is 4.32.